The summed E-state index contributed by atoms with van der Waals surface area (Å²) in [5.41, 5.74) is 0. The molecule has 0 aromatic heterocycles. The van der Waals surface area contributed by atoms with E-state index in [0.29, 0.717) is 5.01 Å². The lowest BCUT2D eigenvalue weighted by molar-refractivity contribution is -0.122. The number of urea groups is 1. The molecule has 14 nitrogen and oxygen atoms in total. The van der Waals surface area contributed by atoms with Crippen LogP contribution < -0.4 is 10.6 Å². The third-order valence-corrected chi connectivity index (χ3v) is 7.58. The van der Waals surface area contributed by atoms with E-state index in [1.807, 2.05) is 0 Å². The summed E-state index contributed by atoms with van der Waals surface area (Å²) in [6.07, 6.45) is -1.11. The number of nitrogens with zero attached hydrogens (tertiary/aromatic N) is 2. The van der Waals surface area contributed by atoms with Gasteiger partial charge in [0.15, 0.2) is 0 Å². The molecule has 0 aliphatic carbocycles. The molecule has 0 aromatic rings. The average Bonchev–Trinajstić information content (AvgIpc) is 2.56. The van der Waals surface area contributed by atoms with Crippen LogP contribution in [0.15, 0.2) is 5.29 Å². The molecule has 28 heavy (non-hydrogen) atoms. The molecule has 7 N–H and O–H groups in total. The lowest BCUT2D eigenvalue weighted by Crippen LogP contribution is -2.49. The maximum absolute atomic E-state index is 11.8. The van der Waals surface area contributed by atoms with Crippen LogP contribution in [0.4, 0.5) is 4.79 Å². The third kappa shape index (κ3) is 7.72. The highest BCUT2D eigenvalue weighted by molar-refractivity contribution is 7.72. The highest BCUT2D eigenvalue weighted by Gasteiger charge is 2.58. The molecule has 17 heteroatoms. The molecule has 0 rings (SSSR count). The van der Waals surface area contributed by atoms with Crippen LogP contribution in [-0.4, -0.2) is 71.7 Å². The predicted molar refractivity (Wildman–Crippen MR) is 97.1 cm³/mol. The molecule has 0 spiro atoms. The van der Waals surface area contributed by atoms with Crippen LogP contribution >= 0.6 is 26.8 Å². The Hall–Kier alpha value is -1.11. The van der Waals surface area contributed by atoms with Crippen molar-refractivity contribution in [2.75, 3.05) is 19.0 Å². The molecule has 0 heterocycles. The molecule has 0 unspecified atom stereocenters. The minimum Gasteiger partial charge on any atom is -0.368 e. The third-order valence-electron chi connectivity index (χ3n) is 3.53. The van der Waals surface area contributed by atoms with E-state index >= 15 is 0 Å². The summed E-state index contributed by atoms with van der Waals surface area (Å²) in [4.78, 5) is 70.0. The summed E-state index contributed by atoms with van der Waals surface area (Å²) in [6, 6.07) is -2.00. The van der Waals surface area contributed by atoms with Crippen molar-refractivity contribution < 1.29 is 43.4 Å². The summed E-state index contributed by atoms with van der Waals surface area (Å²) in [5.74, 6) is -0.708. The van der Waals surface area contributed by atoms with Gasteiger partial charge in [-0.15, -0.1) is 16.5 Å². The molecular weight excluding hydrogens is 446 g/mol. The van der Waals surface area contributed by atoms with Gasteiger partial charge in [0.05, 0.1) is 11.8 Å². The Morgan fingerprint density at radius 3 is 2.14 bits per heavy atom. The highest BCUT2D eigenvalue weighted by atomic mass is 35.5. The second kappa shape index (κ2) is 11.2. The number of halogens is 1. The number of hydrogen-bond acceptors (Lipinski definition) is 7. The Bertz CT molecular complexity index is 631. The van der Waals surface area contributed by atoms with Crippen molar-refractivity contribution >= 4 is 38.7 Å². The first-order chi connectivity index (χ1) is 12.7. The van der Waals surface area contributed by atoms with Gasteiger partial charge in [-0.1, -0.05) is 0 Å². The first-order valence-corrected chi connectivity index (χ1v) is 11.6. The zero-order valence-corrected chi connectivity index (χ0v) is 17.3. The second-order valence-corrected chi connectivity index (χ2v) is 10.1. The molecule has 1 atom stereocenters. The van der Waals surface area contributed by atoms with Gasteiger partial charge in [0.1, 0.15) is 6.04 Å². The molecular formula is C11H23ClN4O10P2. The quantitative estimate of drug-likeness (QED) is 0.0644. The highest BCUT2D eigenvalue weighted by Crippen LogP contribution is 2.69. The smallest absolute Gasteiger partial charge is 0.368 e. The zero-order valence-electron chi connectivity index (χ0n) is 14.8. The fourth-order valence-electron chi connectivity index (χ4n) is 1.90. The van der Waals surface area contributed by atoms with Crippen molar-refractivity contribution in [2.45, 2.75) is 37.3 Å². The molecule has 3 amide bonds. The Morgan fingerprint density at radius 2 is 1.71 bits per heavy atom. The van der Waals surface area contributed by atoms with Crippen molar-refractivity contribution in [3.63, 3.8) is 0 Å². The van der Waals surface area contributed by atoms with E-state index in [9.17, 15) is 28.7 Å². The fraction of sp³-hybridized carbons (Fsp3) is 0.818. The standard InChI is InChI=1S/C11H23ClN4O10P2/c1-8(14-10(18)16(15-20)7-5-12)9(17)13-6-3-2-4-11(19,27(21,22)23)28(24,25)26/h8,19H,2-7H2,1H3,(H,13,17)(H,14,18)(H2,21,22,23)(H2,24,25,26)/t8-/m0/s1. The number of amides is 3. The van der Waals surface area contributed by atoms with Gasteiger partial charge < -0.3 is 35.3 Å². The van der Waals surface area contributed by atoms with Crippen LogP contribution in [0.2, 0.25) is 0 Å². The Labute approximate surface area is 164 Å². The van der Waals surface area contributed by atoms with Gasteiger partial charge in [-0.2, -0.15) is 5.01 Å². The fourth-order valence-corrected chi connectivity index (χ4v) is 4.31. The van der Waals surface area contributed by atoms with Crippen molar-refractivity contribution in [1.82, 2.24) is 15.6 Å². The summed E-state index contributed by atoms with van der Waals surface area (Å²) in [6.45, 7) is 1.08. The predicted octanol–water partition coefficient (Wildman–Crippen LogP) is -0.405. The molecule has 0 aromatic carbocycles. The lowest BCUT2D eigenvalue weighted by atomic mass is 10.2. The number of nitrogens with one attached hydrogen (secondary N) is 2. The van der Waals surface area contributed by atoms with Gasteiger partial charge in [0, 0.05) is 12.4 Å². The van der Waals surface area contributed by atoms with E-state index in [1.54, 1.807) is 0 Å². The van der Waals surface area contributed by atoms with E-state index in [1.165, 1.54) is 6.92 Å². The number of unbranched alkanes of at least 4 members (excludes halogenated alkanes) is 1. The SMILES string of the molecule is C[C@H](NC(=O)N(CCCl)N=O)C(=O)NCCCCC(O)(P(=O)(O)O)P(=O)(O)O. The maximum Gasteiger partial charge on any atom is 0.369 e. The largest absolute Gasteiger partial charge is 0.369 e. The van der Waals surface area contributed by atoms with Crippen LogP contribution in [0.3, 0.4) is 0 Å². The molecule has 0 saturated heterocycles. The molecule has 0 fully saturated rings. The number of carbonyl (C=O) groups is 2. The minimum atomic E-state index is -5.52. The summed E-state index contributed by atoms with van der Waals surface area (Å²) < 4.78 is 22.4. The molecule has 0 bridgehead atoms. The Morgan fingerprint density at radius 1 is 1.18 bits per heavy atom. The van der Waals surface area contributed by atoms with E-state index < -0.39 is 44.7 Å². The monoisotopic (exact) mass is 468 g/mol. The molecule has 0 aliphatic rings. The van der Waals surface area contributed by atoms with Gasteiger partial charge in [0.25, 0.3) is 5.08 Å². The van der Waals surface area contributed by atoms with E-state index in [4.69, 9.17) is 31.2 Å². The van der Waals surface area contributed by atoms with Crippen molar-refractivity contribution in [1.29, 1.82) is 0 Å². The number of alkyl halides is 1. The number of nitroso groups, excluding NO2 is 1. The first-order valence-electron chi connectivity index (χ1n) is 7.80. The summed E-state index contributed by atoms with van der Waals surface area (Å²) in [7, 11) is -11.0. The van der Waals surface area contributed by atoms with E-state index in [2.05, 4.69) is 15.9 Å². The van der Waals surface area contributed by atoms with Gasteiger partial charge in [-0.05, 0) is 26.2 Å². The van der Waals surface area contributed by atoms with Crippen LogP contribution in [0, 0.1) is 4.91 Å². The summed E-state index contributed by atoms with van der Waals surface area (Å²) >= 11 is 5.39. The number of carbonyl (C=O) groups excluding carboxylic acids is 2. The molecule has 164 valence electrons. The lowest BCUT2D eigenvalue weighted by Gasteiger charge is -2.29. The Balaban J connectivity index is 4.49. The minimum absolute atomic E-state index is 0.0168. The van der Waals surface area contributed by atoms with Gasteiger partial charge >= 0.3 is 21.2 Å². The van der Waals surface area contributed by atoms with Crippen molar-refractivity contribution in [3.8, 4) is 0 Å². The van der Waals surface area contributed by atoms with Crippen LogP contribution in [0.25, 0.3) is 0 Å². The molecule has 0 saturated carbocycles. The Kier molecular flexibility index (Phi) is 10.7. The van der Waals surface area contributed by atoms with Crippen LogP contribution in [0.5, 0.6) is 0 Å². The van der Waals surface area contributed by atoms with E-state index in [-0.39, 0.29) is 31.8 Å². The molecule has 0 radical (unpaired) electrons. The number of aliphatic hydroxyl groups is 1. The maximum atomic E-state index is 11.8. The summed E-state index contributed by atoms with van der Waals surface area (Å²) in [5, 5.41) is 13.7. The normalized spacial score (nSPS) is 13.5. The zero-order chi connectivity index (χ0) is 22.2. The second-order valence-electron chi connectivity index (χ2n) is 5.68. The van der Waals surface area contributed by atoms with Gasteiger partial charge in [-0.25, -0.2) is 4.79 Å². The van der Waals surface area contributed by atoms with Crippen molar-refractivity contribution in [2.24, 2.45) is 5.29 Å². The van der Waals surface area contributed by atoms with Crippen LogP contribution in [-0.2, 0) is 13.9 Å². The number of rotatable bonds is 12. The first kappa shape index (κ1) is 26.9. The number of hydrogen-bond donors (Lipinski definition) is 7. The topological polar surface area (TPSA) is 226 Å². The van der Waals surface area contributed by atoms with E-state index in [0.717, 1.165) is 0 Å². The van der Waals surface area contributed by atoms with Crippen molar-refractivity contribution in [3.05, 3.63) is 4.91 Å². The van der Waals surface area contributed by atoms with Gasteiger partial charge in [-0.3, -0.25) is 13.9 Å². The average molecular weight is 469 g/mol. The molecule has 0 aliphatic heterocycles. The van der Waals surface area contributed by atoms with Crippen LogP contribution in [0.1, 0.15) is 26.2 Å². The van der Waals surface area contributed by atoms with Gasteiger partial charge in [0.2, 0.25) is 5.91 Å².